The highest BCUT2D eigenvalue weighted by molar-refractivity contribution is 5.81. The van der Waals surface area contributed by atoms with Crippen molar-refractivity contribution < 1.29 is 9.90 Å². The van der Waals surface area contributed by atoms with E-state index in [0.717, 1.165) is 25.7 Å². The smallest absolute Gasteiger partial charge is 0.226 e. The maximum absolute atomic E-state index is 12.4. The van der Waals surface area contributed by atoms with Crippen molar-refractivity contribution in [2.45, 2.75) is 51.6 Å². The van der Waals surface area contributed by atoms with Gasteiger partial charge in [0.15, 0.2) is 0 Å². The second kappa shape index (κ2) is 3.47. The van der Waals surface area contributed by atoms with Gasteiger partial charge < -0.3 is 10.0 Å². The molecule has 0 aromatic rings. The number of hydrogen-bond donors (Lipinski definition) is 1. The molecule has 2 aliphatic carbocycles. The van der Waals surface area contributed by atoms with Crippen molar-refractivity contribution >= 4 is 5.91 Å². The summed E-state index contributed by atoms with van der Waals surface area (Å²) in [5.41, 5.74) is -0.372. The molecule has 3 aliphatic rings. The number of hydrogen-bond acceptors (Lipinski definition) is 2. The van der Waals surface area contributed by atoms with Crippen LogP contribution in [0.1, 0.15) is 46.0 Å². The van der Waals surface area contributed by atoms with E-state index >= 15 is 0 Å². The Morgan fingerprint density at radius 1 is 1.24 bits per heavy atom. The van der Waals surface area contributed by atoms with Gasteiger partial charge in [0.25, 0.3) is 0 Å². The van der Waals surface area contributed by atoms with E-state index in [2.05, 4.69) is 13.8 Å². The van der Waals surface area contributed by atoms with E-state index in [0.29, 0.717) is 19.0 Å². The van der Waals surface area contributed by atoms with Crippen LogP contribution in [0.3, 0.4) is 0 Å². The summed E-state index contributed by atoms with van der Waals surface area (Å²) >= 11 is 0. The van der Waals surface area contributed by atoms with Gasteiger partial charge in [-0.05, 0) is 37.0 Å². The standard InChI is InChI=1S/C14H23NO2/c1-13(2)7-3-4-11(13)12(16)15-8-14(17,9-15)10-5-6-10/h10-11,17H,3-9H2,1-2H3. The van der Waals surface area contributed by atoms with Gasteiger partial charge in [0.2, 0.25) is 5.91 Å². The Balaban J connectivity index is 1.61. The highest BCUT2D eigenvalue weighted by Crippen LogP contribution is 2.48. The lowest BCUT2D eigenvalue weighted by Crippen LogP contribution is -2.66. The molecule has 1 heterocycles. The van der Waals surface area contributed by atoms with Crippen LogP contribution in [-0.4, -0.2) is 34.6 Å². The molecule has 96 valence electrons. The maximum Gasteiger partial charge on any atom is 0.226 e. The average molecular weight is 237 g/mol. The fraction of sp³-hybridized carbons (Fsp3) is 0.929. The highest BCUT2D eigenvalue weighted by atomic mass is 16.3. The number of amides is 1. The van der Waals surface area contributed by atoms with Crippen LogP contribution in [0.15, 0.2) is 0 Å². The summed E-state index contributed by atoms with van der Waals surface area (Å²) in [7, 11) is 0. The molecular formula is C14H23NO2. The highest BCUT2D eigenvalue weighted by Gasteiger charge is 2.55. The normalized spacial score (nSPS) is 34.5. The minimum Gasteiger partial charge on any atom is -0.386 e. The number of nitrogens with zero attached hydrogens (tertiary/aromatic N) is 1. The van der Waals surface area contributed by atoms with Gasteiger partial charge in [-0.3, -0.25) is 4.79 Å². The van der Waals surface area contributed by atoms with Gasteiger partial charge in [0.1, 0.15) is 5.60 Å². The summed E-state index contributed by atoms with van der Waals surface area (Å²) in [5, 5.41) is 10.2. The third kappa shape index (κ3) is 1.79. The zero-order valence-corrected chi connectivity index (χ0v) is 10.9. The lowest BCUT2D eigenvalue weighted by Gasteiger charge is -2.48. The number of β-amino-alcohol motifs (C(OH)–C–C–N with tert-alkyl or cyclic N) is 1. The monoisotopic (exact) mass is 237 g/mol. The van der Waals surface area contributed by atoms with Crippen LogP contribution in [0.25, 0.3) is 0 Å². The molecule has 17 heavy (non-hydrogen) atoms. The number of likely N-dealkylation sites (tertiary alicyclic amines) is 1. The van der Waals surface area contributed by atoms with Gasteiger partial charge in [-0.15, -0.1) is 0 Å². The molecule has 0 spiro atoms. The Morgan fingerprint density at radius 2 is 1.88 bits per heavy atom. The maximum atomic E-state index is 12.4. The van der Waals surface area contributed by atoms with Gasteiger partial charge in [-0.1, -0.05) is 20.3 Å². The summed E-state index contributed by atoms with van der Waals surface area (Å²) in [6.07, 6.45) is 5.65. The fourth-order valence-electron chi connectivity index (χ4n) is 3.65. The van der Waals surface area contributed by atoms with E-state index < -0.39 is 5.60 Å². The molecule has 0 aromatic heterocycles. The number of carbonyl (C=O) groups is 1. The Bertz CT molecular complexity index is 340. The quantitative estimate of drug-likeness (QED) is 0.795. The third-order valence-corrected chi connectivity index (χ3v) is 5.13. The predicted molar refractivity (Wildman–Crippen MR) is 65.4 cm³/mol. The molecule has 0 radical (unpaired) electrons. The Hall–Kier alpha value is -0.570. The molecule has 1 unspecified atom stereocenters. The van der Waals surface area contributed by atoms with Crippen LogP contribution in [0.2, 0.25) is 0 Å². The van der Waals surface area contributed by atoms with E-state index in [4.69, 9.17) is 0 Å². The molecule has 1 aliphatic heterocycles. The van der Waals surface area contributed by atoms with Crippen LogP contribution in [0.4, 0.5) is 0 Å². The van der Waals surface area contributed by atoms with Crippen molar-refractivity contribution in [1.82, 2.24) is 4.90 Å². The van der Waals surface area contributed by atoms with E-state index in [-0.39, 0.29) is 17.2 Å². The van der Waals surface area contributed by atoms with Crippen molar-refractivity contribution in [3.63, 3.8) is 0 Å². The van der Waals surface area contributed by atoms with Crippen LogP contribution in [0.5, 0.6) is 0 Å². The molecule has 3 nitrogen and oxygen atoms in total. The molecule has 0 aromatic carbocycles. The molecular weight excluding hydrogens is 214 g/mol. The first-order chi connectivity index (χ1) is 7.92. The molecule has 3 heteroatoms. The molecule has 1 atom stereocenters. The van der Waals surface area contributed by atoms with E-state index in [1.165, 1.54) is 6.42 Å². The first-order valence-electron chi connectivity index (χ1n) is 6.94. The van der Waals surface area contributed by atoms with Crippen molar-refractivity contribution in [3.8, 4) is 0 Å². The number of carbonyl (C=O) groups excluding carboxylic acids is 1. The third-order valence-electron chi connectivity index (χ3n) is 5.13. The Kier molecular flexibility index (Phi) is 2.35. The molecule has 1 amide bonds. The van der Waals surface area contributed by atoms with E-state index in [9.17, 15) is 9.90 Å². The SMILES string of the molecule is CC1(C)CCCC1C(=O)N1CC(O)(C2CC2)C1. The van der Waals surface area contributed by atoms with Gasteiger partial charge >= 0.3 is 0 Å². The van der Waals surface area contributed by atoms with E-state index in [1.54, 1.807) is 0 Å². The minimum absolute atomic E-state index is 0.157. The second-order valence-electron chi connectivity index (χ2n) is 7.01. The number of rotatable bonds is 2. The summed E-state index contributed by atoms with van der Waals surface area (Å²) in [6.45, 7) is 5.58. The summed E-state index contributed by atoms with van der Waals surface area (Å²) in [5.74, 6) is 0.951. The topological polar surface area (TPSA) is 40.5 Å². The van der Waals surface area contributed by atoms with E-state index in [1.807, 2.05) is 4.90 Å². The summed E-state index contributed by atoms with van der Waals surface area (Å²) < 4.78 is 0. The zero-order chi connectivity index (χ0) is 12.3. The van der Waals surface area contributed by atoms with Crippen molar-refractivity contribution in [3.05, 3.63) is 0 Å². The Labute approximate surface area is 103 Å². The second-order valence-corrected chi connectivity index (χ2v) is 7.01. The molecule has 2 saturated carbocycles. The largest absolute Gasteiger partial charge is 0.386 e. The lowest BCUT2D eigenvalue weighted by molar-refractivity contribution is -0.166. The van der Waals surface area contributed by atoms with Gasteiger partial charge in [0, 0.05) is 5.92 Å². The van der Waals surface area contributed by atoms with Gasteiger partial charge in [0.05, 0.1) is 13.1 Å². The average Bonchev–Trinajstić information content (AvgIpc) is 2.98. The minimum atomic E-state index is -0.529. The molecule has 3 fully saturated rings. The fourth-order valence-corrected chi connectivity index (χ4v) is 3.65. The first kappa shape index (κ1) is 11.5. The van der Waals surface area contributed by atoms with Crippen molar-refractivity contribution in [1.29, 1.82) is 0 Å². The zero-order valence-electron chi connectivity index (χ0n) is 10.9. The van der Waals surface area contributed by atoms with Crippen molar-refractivity contribution in [2.24, 2.45) is 17.3 Å². The summed E-state index contributed by atoms with van der Waals surface area (Å²) in [4.78, 5) is 14.3. The van der Waals surface area contributed by atoms with Crippen LogP contribution in [0, 0.1) is 17.3 Å². The first-order valence-corrected chi connectivity index (χ1v) is 6.94. The van der Waals surface area contributed by atoms with Crippen LogP contribution < -0.4 is 0 Å². The van der Waals surface area contributed by atoms with Crippen LogP contribution in [-0.2, 0) is 4.79 Å². The van der Waals surface area contributed by atoms with Crippen molar-refractivity contribution in [2.75, 3.05) is 13.1 Å². The van der Waals surface area contributed by atoms with Crippen LogP contribution >= 0.6 is 0 Å². The molecule has 0 bridgehead atoms. The Morgan fingerprint density at radius 3 is 2.35 bits per heavy atom. The number of aliphatic hydroxyl groups is 1. The van der Waals surface area contributed by atoms with Gasteiger partial charge in [-0.25, -0.2) is 0 Å². The van der Waals surface area contributed by atoms with Gasteiger partial charge in [-0.2, -0.15) is 0 Å². The molecule has 3 rings (SSSR count). The predicted octanol–water partition coefficient (Wildman–Crippen LogP) is 1.80. The molecule has 1 saturated heterocycles. The molecule has 1 N–H and O–H groups in total. The lowest BCUT2D eigenvalue weighted by atomic mass is 9.79. The summed E-state index contributed by atoms with van der Waals surface area (Å²) in [6, 6.07) is 0.